The molecule has 1 aromatic rings. The number of nitrogens with zero attached hydrogens (tertiary/aromatic N) is 1. The van der Waals surface area contributed by atoms with E-state index >= 15 is 0 Å². The first kappa shape index (κ1) is 19.6. The fourth-order valence-electron chi connectivity index (χ4n) is 2.88. The molecule has 0 saturated carbocycles. The van der Waals surface area contributed by atoms with Gasteiger partial charge in [-0.05, 0) is 37.0 Å². The van der Waals surface area contributed by atoms with E-state index in [4.69, 9.17) is 9.73 Å². The van der Waals surface area contributed by atoms with E-state index < -0.39 is 0 Å². The van der Waals surface area contributed by atoms with E-state index in [1.165, 1.54) is 4.88 Å². The molecule has 2 heterocycles. The fraction of sp³-hybridized carbons (Fsp3) is 0.722. The molecule has 1 atom stereocenters. The summed E-state index contributed by atoms with van der Waals surface area (Å²) in [4.78, 5) is 6.32. The third-order valence-electron chi connectivity index (χ3n) is 4.33. The van der Waals surface area contributed by atoms with Gasteiger partial charge in [0, 0.05) is 41.8 Å². The molecule has 0 spiro atoms. The number of nitrogens with one attached hydrogen (secondary N) is 2. The van der Waals surface area contributed by atoms with Crippen molar-refractivity contribution in [3.05, 3.63) is 22.4 Å². The van der Waals surface area contributed by atoms with Crippen LogP contribution in [-0.2, 0) is 4.74 Å². The molecule has 1 fully saturated rings. The summed E-state index contributed by atoms with van der Waals surface area (Å²) in [5.41, 5.74) is 0. The quantitative estimate of drug-likeness (QED) is 0.542. The zero-order chi connectivity index (χ0) is 17.3. The van der Waals surface area contributed by atoms with Gasteiger partial charge in [-0.25, -0.2) is 0 Å². The summed E-state index contributed by atoms with van der Waals surface area (Å²) < 4.78 is 5.80. The van der Waals surface area contributed by atoms with Crippen LogP contribution >= 0.6 is 23.1 Å². The maximum absolute atomic E-state index is 5.55. The minimum absolute atomic E-state index is 0.245. The van der Waals surface area contributed by atoms with Crippen molar-refractivity contribution >= 4 is 29.1 Å². The molecule has 2 rings (SSSR count). The second-order valence-electron chi connectivity index (χ2n) is 6.22. The lowest BCUT2D eigenvalue weighted by Crippen LogP contribution is -2.42. The molecule has 1 unspecified atom stereocenters. The van der Waals surface area contributed by atoms with Crippen LogP contribution in [0, 0.1) is 0 Å². The van der Waals surface area contributed by atoms with Gasteiger partial charge >= 0.3 is 0 Å². The molecule has 2 N–H and O–H groups in total. The van der Waals surface area contributed by atoms with Crippen molar-refractivity contribution in [1.29, 1.82) is 0 Å². The summed E-state index contributed by atoms with van der Waals surface area (Å²) >= 11 is 3.86. The van der Waals surface area contributed by atoms with E-state index in [-0.39, 0.29) is 4.75 Å². The van der Waals surface area contributed by atoms with Crippen LogP contribution in [0.2, 0.25) is 0 Å². The van der Waals surface area contributed by atoms with Crippen LogP contribution in [0.3, 0.4) is 0 Å². The number of thiophene rings is 1. The second kappa shape index (κ2) is 10.3. The molecule has 4 nitrogen and oxygen atoms in total. The molecule has 1 aromatic heterocycles. The number of rotatable bonds is 8. The molecule has 0 amide bonds. The Kier molecular flexibility index (Phi) is 8.42. The monoisotopic (exact) mass is 369 g/mol. The van der Waals surface area contributed by atoms with Gasteiger partial charge in [-0.1, -0.05) is 19.9 Å². The highest BCUT2D eigenvalue weighted by atomic mass is 32.2. The zero-order valence-electron chi connectivity index (χ0n) is 15.1. The maximum Gasteiger partial charge on any atom is 0.191 e. The van der Waals surface area contributed by atoms with Gasteiger partial charge in [0.25, 0.3) is 0 Å². The molecule has 0 aliphatic carbocycles. The lowest BCUT2D eigenvalue weighted by molar-refractivity contribution is 0.0793. The average molecular weight is 370 g/mol. The first-order valence-electron chi connectivity index (χ1n) is 8.96. The van der Waals surface area contributed by atoms with Gasteiger partial charge in [-0.15, -0.1) is 11.3 Å². The van der Waals surface area contributed by atoms with Crippen LogP contribution in [-0.4, -0.2) is 49.3 Å². The van der Waals surface area contributed by atoms with E-state index in [0.29, 0.717) is 5.92 Å². The Bertz CT molecular complexity index is 479. The van der Waals surface area contributed by atoms with Gasteiger partial charge in [0.1, 0.15) is 0 Å². The summed E-state index contributed by atoms with van der Waals surface area (Å²) in [6.07, 6.45) is 2.19. The Hall–Kier alpha value is -0.720. The van der Waals surface area contributed by atoms with Crippen LogP contribution in [0.15, 0.2) is 22.5 Å². The van der Waals surface area contributed by atoms with Gasteiger partial charge in [-0.2, -0.15) is 11.8 Å². The van der Waals surface area contributed by atoms with E-state index in [1.54, 1.807) is 0 Å². The van der Waals surface area contributed by atoms with Crippen LogP contribution < -0.4 is 10.6 Å². The van der Waals surface area contributed by atoms with E-state index in [0.717, 1.165) is 57.4 Å². The van der Waals surface area contributed by atoms with E-state index in [9.17, 15) is 0 Å². The van der Waals surface area contributed by atoms with Crippen LogP contribution in [0.1, 0.15) is 44.4 Å². The predicted octanol–water partition coefficient (Wildman–Crippen LogP) is 3.71. The molecule has 1 aliphatic heterocycles. The van der Waals surface area contributed by atoms with Crippen molar-refractivity contribution in [2.75, 3.05) is 38.6 Å². The van der Waals surface area contributed by atoms with Crippen molar-refractivity contribution in [3.8, 4) is 0 Å². The van der Waals surface area contributed by atoms with Gasteiger partial charge in [0.05, 0.1) is 6.54 Å². The lowest BCUT2D eigenvalue weighted by Gasteiger charge is -2.35. The average Bonchev–Trinajstić information content (AvgIpc) is 3.13. The number of aliphatic imine (C=N–C) groups is 1. The molecule has 0 aromatic carbocycles. The molecular formula is C18H31N3OS2. The maximum atomic E-state index is 5.55. The van der Waals surface area contributed by atoms with Crippen molar-refractivity contribution in [2.45, 2.75) is 44.3 Å². The van der Waals surface area contributed by atoms with Crippen molar-refractivity contribution < 1.29 is 4.74 Å². The highest BCUT2D eigenvalue weighted by molar-refractivity contribution is 8.00. The molecule has 1 aliphatic rings. The van der Waals surface area contributed by atoms with Crippen LogP contribution in [0.25, 0.3) is 0 Å². The number of hydrogen-bond acceptors (Lipinski definition) is 4. The molecule has 6 heteroatoms. The third kappa shape index (κ3) is 5.97. The Morgan fingerprint density at radius 3 is 2.79 bits per heavy atom. The zero-order valence-corrected chi connectivity index (χ0v) is 16.8. The van der Waals surface area contributed by atoms with Gasteiger partial charge in [-0.3, -0.25) is 4.99 Å². The summed E-state index contributed by atoms with van der Waals surface area (Å²) in [6.45, 7) is 11.0. The topological polar surface area (TPSA) is 45.7 Å². The number of thioether (sulfide) groups is 1. The first-order valence-corrected chi connectivity index (χ1v) is 10.8. The smallest absolute Gasteiger partial charge is 0.191 e. The van der Waals surface area contributed by atoms with Crippen LogP contribution in [0.4, 0.5) is 0 Å². The van der Waals surface area contributed by atoms with Crippen molar-refractivity contribution in [3.63, 3.8) is 0 Å². The first-order chi connectivity index (χ1) is 11.7. The largest absolute Gasteiger partial charge is 0.381 e. The third-order valence-corrected chi connectivity index (χ3v) is 6.87. The molecular weight excluding hydrogens is 338 g/mol. The number of ether oxygens (including phenoxy) is 1. The van der Waals surface area contributed by atoms with E-state index in [2.05, 4.69) is 48.9 Å². The highest BCUT2D eigenvalue weighted by Gasteiger charge is 2.32. The Balaban J connectivity index is 1.93. The number of hydrogen-bond donors (Lipinski definition) is 2. The van der Waals surface area contributed by atoms with Gasteiger partial charge in [0.15, 0.2) is 5.96 Å². The summed E-state index contributed by atoms with van der Waals surface area (Å²) in [5.74, 6) is 2.56. The summed E-state index contributed by atoms with van der Waals surface area (Å²) in [6, 6.07) is 4.32. The molecule has 1 saturated heterocycles. The fourth-order valence-corrected chi connectivity index (χ4v) is 4.90. The van der Waals surface area contributed by atoms with Gasteiger partial charge in [0.2, 0.25) is 0 Å². The lowest BCUT2D eigenvalue weighted by atomic mass is 9.99. The van der Waals surface area contributed by atoms with Crippen molar-refractivity contribution in [2.24, 2.45) is 4.99 Å². The number of guanidine groups is 1. The highest BCUT2D eigenvalue weighted by Crippen LogP contribution is 2.35. The Morgan fingerprint density at radius 2 is 2.17 bits per heavy atom. The Morgan fingerprint density at radius 1 is 1.38 bits per heavy atom. The standard InChI is InChI=1S/C18H31N3OS2/c1-4-19-17(20-13-15(3)16-7-6-12-23-16)21-14-18(24-5-2)8-10-22-11-9-18/h6-7,12,15H,4-5,8-11,13-14H2,1-3H3,(H2,19,20,21). The minimum Gasteiger partial charge on any atom is -0.381 e. The van der Waals surface area contributed by atoms with E-state index in [1.807, 2.05) is 23.1 Å². The van der Waals surface area contributed by atoms with Crippen LogP contribution in [0.5, 0.6) is 0 Å². The molecule has 24 heavy (non-hydrogen) atoms. The van der Waals surface area contributed by atoms with Gasteiger partial charge < -0.3 is 15.4 Å². The minimum atomic E-state index is 0.245. The summed E-state index contributed by atoms with van der Waals surface area (Å²) in [7, 11) is 0. The SMILES string of the molecule is CCNC(=NCC1(SCC)CCOCC1)NCC(C)c1cccs1. The predicted molar refractivity (Wildman–Crippen MR) is 108 cm³/mol. The van der Waals surface area contributed by atoms with Crippen molar-refractivity contribution in [1.82, 2.24) is 10.6 Å². The normalized spacial score (nSPS) is 19.0. The summed E-state index contributed by atoms with van der Waals surface area (Å²) in [5, 5.41) is 9.04. The molecule has 0 radical (unpaired) electrons. The Labute approximate surface area is 154 Å². The second-order valence-corrected chi connectivity index (χ2v) is 8.93. The molecule has 0 bridgehead atoms. The molecule has 136 valence electrons.